The molecule has 9 heteroatoms. The summed E-state index contributed by atoms with van der Waals surface area (Å²) < 4.78 is 12.1. The maximum atomic E-state index is 12.2. The summed E-state index contributed by atoms with van der Waals surface area (Å²) in [5.41, 5.74) is 2.64. The molecular weight excluding hydrogens is 415 g/mol. The second-order valence-electron chi connectivity index (χ2n) is 6.13. The Kier molecular flexibility index (Phi) is 5.36. The van der Waals surface area contributed by atoms with Gasteiger partial charge >= 0.3 is 5.97 Å². The number of hydrogen-bond acceptors (Lipinski definition) is 6. The number of aromatic nitrogens is 3. The number of fused-ring (bicyclic) bond motifs is 3. The van der Waals surface area contributed by atoms with Crippen LogP contribution in [-0.2, 0) is 9.47 Å². The lowest BCUT2D eigenvalue weighted by Crippen LogP contribution is -2.10. The highest BCUT2D eigenvalue weighted by Crippen LogP contribution is 2.33. The molecule has 0 spiro atoms. The number of nitrogens with zero attached hydrogens (tertiary/aromatic N) is 4. The van der Waals surface area contributed by atoms with Crippen LogP contribution in [0.25, 0.3) is 5.69 Å². The molecule has 1 unspecified atom stereocenters. The van der Waals surface area contributed by atoms with Gasteiger partial charge in [0, 0.05) is 28.3 Å². The van der Waals surface area contributed by atoms with Crippen LogP contribution >= 0.6 is 23.2 Å². The molecule has 1 aromatic heterocycles. The number of halogens is 2. The van der Waals surface area contributed by atoms with Crippen LogP contribution in [0.5, 0.6) is 0 Å². The van der Waals surface area contributed by atoms with Gasteiger partial charge in [0.05, 0.1) is 18.0 Å². The van der Waals surface area contributed by atoms with Gasteiger partial charge in [0.15, 0.2) is 5.82 Å². The lowest BCUT2D eigenvalue weighted by atomic mass is 10.0. The van der Waals surface area contributed by atoms with Crippen molar-refractivity contribution >= 4 is 34.9 Å². The molecule has 2 heterocycles. The monoisotopic (exact) mass is 430 g/mol. The van der Waals surface area contributed by atoms with Gasteiger partial charge in [-0.3, -0.25) is 0 Å². The number of methoxy groups -OCH3 is 1. The first kappa shape index (κ1) is 19.6. The smallest absolute Gasteiger partial charge is 0.378 e. The van der Waals surface area contributed by atoms with E-state index in [4.69, 9.17) is 37.7 Å². The minimum absolute atomic E-state index is 0.0683. The molecule has 2 aromatic carbocycles. The molecule has 0 N–H and O–H groups in total. The number of rotatable bonds is 4. The van der Waals surface area contributed by atoms with Gasteiger partial charge in [-0.15, -0.1) is 5.10 Å². The summed E-state index contributed by atoms with van der Waals surface area (Å²) >= 11 is 12.7. The van der Waals surface area contributed by atoms with Crippen LogP contribution in [0.4, 0.5) is 0 Å². The second kappa shape index (κ2) is 7.94. The van der Waals surface area contributed by atoms with Gasteiger partial charge < -0.3 is 9.47 Å². The number of ether oxygens (including phenoxy) is 2. The highest BCUT2D eigenvalue weighted by atomic mass is 35.5. The van der Waals surface area contributed by atoms with Crippen LogP contribution in [0.1, 0.15) is 40.7 Å². The third-order valence-electron chi connectivity index (χ3n) is 4.35. The molecule has 0 aliphatic carbocycles. The van der Waals surface area contributed by atoms with Gasteiger partial charge in [0.2, 0.25) is 6.23 Å². The molecule has 1 aliphatic heterocycles. The Morgan fingerprint density at radius 1 is 1.17 bits per heavy atom. The normalized spacial score (nSPS) is 15.2. The fraction of sp³-hybridized carbons (Fsp3) is 0.200. The number of carbonyl (C=O) groups is 1. The van der Waals surface area contributed by atoms with Crippen molar-refractivity contribution in [2.24, 2.45) is 4.99 Å². The van der Waals surface area contributed by atoms with E-state index in [1.54, 1.807) is 31.2 Å². The number of carbonyl (C=O) groups excluding carboxylic acids is 1. The topological polar surface area (TPSA) is 78.6 Å². The van der Waals surface area contributed by atoms with E-state index in [1.165, 1.54) is 11.8 Å². The van der Waals surface area contributed by atoms with Gasteiger partial charge in [-0.2, -0.15) is 0 Å². The third kappa shape index (κ3) is 3.53. The molecule has 0 amide bonds. The fourth-order valence-corrected chi connectivity index (χ4v) is 3.49. The molecule has 1 aliphatic rings. The van der Waals surface area contributed by atoms with Crippen molar-refractivity contribution in [1.29, 1.82) is 0 Å². The van der Waals surface area contributed by atoms with E-state index < -0.39 is 12.2 Å². The maximum Gasteiger partial charge on any atom is 0.378 e. The molecule has 0 saturated carbocycles. The van der Waals surface area contributed by atoms with Crippen LogP contribution in [0.2, 0.25) is 10.0 Å². The first-order valence-corrected chi connectivity index (χ1v) is 9.59. The van der Waals surface area contributed by atoms with Crippen LogP contribution in [-0.4, -0.2) is 40.2 Å². The van der Waals surface area contributed by atoms with Crippen LogP contribution in [0.3, 0.4) is 0 Å². The Hall–Kier alpha value is -2.74. The van der Waals surface area contributed by atoms with Crippen LogP contribution in [0.15, 0.2) is 47.5 Å². The summed E-state index contributed by atoms with van der Waals surface area (Å²) in [5, 5.41) is 5.40. The molecule has 7 nitrogen and oxygen atoms in total. The van der Waals surface area contributed by atoms with E-state index in [9.17, 15) is 4.79 Å². The van der Waals surface area contributed by atoms with Crippen molar-refractivity contribution in [1.82, 2.24) is 14.8 Å². The van der Waals surface area contributed by atoms with E-state index in [-0.39, 0.29) is 12.4 Å². The van der Waals surface area contributed by atoms with Crippen molar-refractivity contribution in [3.63, 3.8) is 0 Å². The summed E-state index contributed by atoms with van der Waals surface area (Å²) in [5.74, 6) is -0.337. The summed E-state index contributed by atoms with van der Waals surface area (Å²) in [7, 11) is 1.50. The predicted molar refractivity (Wildman–Crippen MR) is 109 cm³/mol. The van der Waals surface area contributed by atoms with Crippen LogP contribution < -0.4 is 0 Å². The maximum absolute atomic E-state index is 12.2. The average molecular weight is 431 g/mol. The summed E-state index contributed by atoms with van der Waals surface area (Å²) in [6, 6.07) is 12.6. The standard InChI is InChI=1S/C20H16Cl2N4O3/c1-3-29-20(27)17-24-18-19(28-2)23-16(12-6-4-5-7-14(12)22)13-10-11(21)8-9-15(13)26(18)25-17/h4-10,19H,3H2,1-2H3. The van der Waals surface area contributed by atoms with Gasteiger partial charge in [-0.05, 0) is 31.2 Å². The summed E-state index contributed by atoms with van der Waals surface area (Å²) in [4.78, 5) is 21.2. The summed E-state index contributed by atoms with van der Waals surface area (Å²) in [6.07, 6.45) is -0.817. The lowest BCUT2D eigenvalue weighted by molar-refractivity contribution is 0.0511. The molecule has 0 saturated heterocycles. The number of esters is 1. The largest absolute Gasteiger partial charge is 0.460 e. The molecular formula is C20H16Cl2N4O3. The zero-order valence-electron chi connectivity index (χ0n) is 15.6. The van der Waals surface area contributed by atoms with Gasteiger partial charge in [-0.1, -0.05) is 41.4 Å². The lowest BCUT2D eigenvalue weighted by Gasteiger charge is -2.12. The Labute approximate surface area is 176 Å². The summed E-state index contributed by atoms with van der Waals surface area (Å²) in [6.45, 7) is 1.94. The van der Waals surface area contributed by atoms with Crippen LogP contribution in [0, 0.1) is 0 Å². The zero-order valence-corrected chi connectivity index (χ0v) is 17.1. The van der Waals surface area contributed by atoms with Crippen molar-refractivity contribution in [2.45, 2.75) is 13.2 Å². The van der Waals surface area contributed by atoms with E-state index in [2.05, 4.69) is 10.1 Å². The molecule has 4 rings (SSSR count). The Balaban J connectivity index is 1.98. The van der Waals surface area contributed by atoms with E-state index in [0.717, 1.165) is 5.56 Å². The number of aliphatic imine (C=N–C) groups is 1. The van der Waals surface area contributed by atoms with E-state index in [0.29, 0.717) is 32.8 Å². The third-order valence-corrected chi connectivity index (χ3v) is 4.92. The zero-order chi connectivity index (χ0) is 20.5. The van der Waals surface area contributed by atoms with Gasteiger partial charge in [0.25, 0.3) is 5.82 Å². The Morgan fingerprint density at radius 2 is 1.97 bits per heavy atom. The van der Waals surface area contributed by atoms with E-state index in [1.807, 2.05) is 18.2 Å². The highest BCUT2D eigenvalue weighted by Gasteiger charge is 2.30. The molecule has 0 fully saturated rings. The predicted octanol–water partition coefficient (Wildman–Crippen LogP) is 4.25. The second-order valence-corrected chi connectivity index (χ2v) is 6.98. The first-order valence-electron chi connectivity index (χ1n) is 8.83. The molecule has 148 valence electrons. The number of benzene rings is 2. The minimum Gasteiger partial charge on any atom is -0.460 e. The Morgan fingerprint density at radius 3 is 2.69 bits per heavy atom. The molecule has 0 bridgehead atoms. The number of hydrogen-bond donors (Lipinski definition) is 0. The average Bonchev–Trinajstić information content (AvgIpc) is 3.10. The van der Waals surface area contributed by atoms with Crippen molar-refractivity contribution in [3.05, 3.63) is 75.3 Å². The quantitative estimate of drug-likeness (QED) is 0.578. The molecule has 1 atom stereocenters. The minimum atomic E-state index is -0.817. The van der Waals surface area contributed by atoms with Gasteiger partial charge in [0.1, 0.15) is 0 Å². The highest BCUT2D eigenvalue weighted by molar-refractivity contribution is 6.36. The van der Waals surface area contributed by atoms with Gasteiger partial charge in [-0.25, -0.2) is 19.5 Å². The SMILES string of the molecule is CCOC(=O)c1nc2n(n1)-c1ccc(Cl)cc1C(c1ccccc1Cl)=NC2OC. The van der Waals surface area contributed by atoms with Crippen molar-refractivity contribution in [3.8, 4) is 5.69 Å². The van der Waals surface area contributed by atoms with Crippen molar-refractivity contribution in [2.75, 3.05) is 13.7 Å². The van der Waals surface area contributed by atoms with Crippen molar-refractivity contribution < 1.29 is 14.3 Å². The van der Waals surface area contributed by atoms with E-state index >= 15 is 0 Å². The Bertz CT molecular complexity index is 1130. The molecule has 29 heavy (non-hydrogen) atoms. The fourth-order valence-electron chi connectivity index (χ4n) is 3.10. The first-order chi connectivity index (χ1) is 14.0. The molecule has 3 aromatic rings. The molecule has 0 radical (unpaired) electrons.